The Labute approximate surface area is 287 Å². The summed E-state index contributed by atoms with van der Waals surface area (Å²) in [7, 11) is 0. The number of fused-ring (bicyclic) bond motifs is 8. The number of para-hydroxylation sites is 2. The lowest BCUT2D eigenvalue weighted by Crippen LogP contribution is -2.09. The van der Waals surface area contributed by atoms with Gasteiger partial charge in [-0.25, -0.2) is 4.98 Å². The lowest BCUT2D eigenvalue weighted by Gasteiger charge is -2.23. The third-order valence-electron chi connectivity index (χ3n) is 9.61. The van der Waals surface area contributed by atoms with Crippen molar-refractivity contribution in [2.24, 2.45) is 0 Å². The van der Waals surface area contributed by atoms with Crippen LogP contribution in [0, 0.1) is 0 Å². The van der Waals surface area contributed by atoms with Crippen molar-refractivity contribution in [3.05, 3.63) is 176 Å². The molecule has 0 saturated heterocycles. The molecule has 10 rings (SSSR count). The molecular formula is C45H29N3S. The fraction of sp³-hybridized carbons (Fsp3) is 0. The number of nitrogens with zero attached hydrogens (tertiary/aromatic N) is 3. The molecule has 4 heteroatoms. The van der Waals surface area contributed by atoms with E-state index < -0.39 is 0 Å². The predicted molar refractivity (Wildman–Crippen MR) is 209 cm³/mol. The van der Waals surface area contributed by atoms with Crippen molar-refractivity contribution in [1.82, 2.24) is 9.55 Å². The Bertz CT molecular complexity index is 2820. The molecule has 0 fully saturated rings. The molecule has 0 aliphatic rings. The minimum atomic E-state index is 0.935. The Hall–Kier alpha value is -6.23. The SMILES string of the molecule is c1ccc(-c2ccc(N(c3ccc4c5ccccc5n(-c5ccccc5)c4c3)c3nc4ccc5ccc6ccccc6c5c4s3)cc2)cc1. The first-order valence-electron chi connectivity index (χ1n) is 16.6. The molecule has 0 atom stereocenters. The van der Waals surface area contributed by atoms with Crippen molar-refractivity contribution >= 4 is 81.4 Å². The van der Waals surface area contributed by atoms with Crippen molar-refractivity contribution in [2.45, 2.75) is 0 Å². The monoisotopic (exact) mass is 643 g/mol. The molecule has 0 aliphatic carbocycles. The summed E-state index contributed by atoms with van der Waals surface area (Å²) in [6.45, 7) is 0. The normalized spacial score (nSPS) is 11.7. The topological polar surface area (TPSA) is 21.1 Å². The number of thiazole rings is 1. The third-order valence-corrected chi connectivity index (χ3v) is 10.7. The first kappa shape index (κ1) is 27.8. The number of rotatable bonds is 5. The molecule has 0 N–H and O–H groups in total. The maximum atomic E-state index is 5.34. The zero-order valence-electron chi connectivity index (χ0n) is 26.5. The zero-order valence-corrected chi connectivity index (χ0v) is 27.3. The van der Waals surface area contributed by atoms with Crippen LogP contribution in [0.15, 0.2) is 176 Å². The number of hydrogen-bond donors (Lipinski definition) is 0. The second-order valence-corrected chi connectivity index (χ2v) is 13.4. The van der Waals surface area contributed by atoms with Crippen LogP contribution in [0.5, 0.6) is 0 Å². The minimum absolute atomic E-state index is 0.935. The zero-order chi connectivity index (χ0) is 32.3. The van der Waals surface area contributed by atoms with Crippen LogP contribution in [0.4, 0.5) is 16.5 Å². The molecule has 230 valence electrons. The predicted octanol–water partition coefficient (Wildman–Crippen LogP) is 12.8. The van der Waals surface area contributed by atoms with Gasteiger partial charge in [0.05, 0.1) is 26.9 Å². The van der Waals surface area contributed by atoms with Gasteiger partial charge in [-0.2, -0.15) is 0 Å². The van der Waals surface area contributed by atoms with Gasteiger partial charge in [-0.15, -0.1) is 0 Å². The van der Waals surface area contributed by atoms with E-state index in [1.807, 2.05) is 0 Å². The van der Waals surface area contributed by atoms with Crippen LogP contribution in [-0.4, -0.2) is 9.55 Å². The fourth-order valence-corrected chi connectivity index (χ4v) is 8.49. The van der Waals surface area contributed by atoms with Gasteiger partial charge >= 0.3 is 0 Å². The average Bonchev–Trinajstić information content (AvgIpc) is 3.75. The summed E-state index contributed by atoms with van der Waals surface area (Å²) in [6, 6.07) is 63.1. The van der Waals surface area contributed by atoms with E-state index in [9.17, 15) is 0 Å². The summed E-state index contributed by atoms with van der Waals surface area (Å²) in [4.78, 5) is 7.67. The van der Waals surface area contributed by atoms with Crippen LogP contribution < -0.4 is 4.90 Å². The van der Waals surface area contributed by atoms with Gasteiger partial charge in [0.2, 0.25) is 0 Å². The van der Waals surface area contributed by atoms with Gasteiger partial charge in [0, 0.05) is 27.5 Å². The molecule has 3 nitrogen and oxygen atoms in total. The van der Waals surface area contributed by atoms with E-state index in [1.54, 1.807) is 11.3 Å². The quantitative estimate of drug-likeness (QED) is 0.174. The molecule has 0 aliphatic heterocycles. The molecule has 8 aromatic carbocycles. The van der Waals surface area contributed by atoms with E-state index in [2.05, 4.69) is 185 Å². The lowest BCUT2D eigenvalue weighted by atomic mass is 10.0. The van der Waals surface area contributed by atoms with E-state index >= 15 is 0 Å². The summed E-state index contributed by atoms with van der Waals surface area (Å²) in [5.74, 6) is 0. The second kappa shape index (κ2) is 11.2. The van der Waals surface area contributed by atoms with Crippen molar-refractivity contribution in [1.29, 1.82) is 0 Å². The smallest absolute Gasteiger partial charge is 0.195 e. The third kappa shape index (κ3) is 4.53. The second-order valence-electron chi connectivity index (χ2n) is 12.4. The summed E-state index contributed by atoms with van der Waals surface area (Å²) in [6.07, 6.45) is 0. The van der Waals surface area contributed by atoms with Crippen molar-refractivity contribution in [3.63, 3.8) is 0 Å². The van der Waals surface area contributed by atoms with Crippen LogP contribution in [-0.2, 0) is 0 Å². The van der Waals surface area contributed by atoms with Gasteiger partial charge in [0.1, 0.15) is 0 Å². The van der Waals surface area contributed by atoms with Gasteiger partial charge in [-0.05, 0) is 75.8 Å². The highest BCUT2D eigenvalue weighted by Crippen LogP contribution is 2.45. The molecule has 0 amide bonds. The van der Waals surface area contributed by atoms with Crippen LogP contribution in [0.25, 0.3) is 70.4 Å². The summed E-state index contributed by atoms with van der Waals surface area (Å²) >= 11 is 1.76. The first-order valence-corrected chi connectivity index (χ1v) is 17.4. The fourth-order valence-electron chi connectivity index (χ4n) is 7.31. The van der Waals surface area contributed by atoms with E-state index in [0.717, 1.165) is 33.2 Å². The molecule has 49 heavy (non-hydrogen) atoms. The Kier molecular flexibility index (Phi) is 6.36. The number of benzene rings is 8. The van der Waals surface area contributed by atoms with Gasteiger partial charge < -0.3 is 4.57 Å². The van der Waals surface area contributed by atoms with Gasteiger partial charge in [0.25, 0.3) is 0 Å². The molecule has 0 saturated carbocycles. The van der Waals surface area contributed by atoms with Crippen LogP contribution in [0.3, 0.4) is 0 Å². The van der Waals surface area contributed by atoms with Crippen LogP contribution >= 0.6 is 11.3 Å². The van der Waals surface area contributed by atoms with E-state index in [4.69, 9.17) is 4.98 Å². The van der Waals surface area contributed by atoms with Gasteiger partial charge in [0.15, 0.2) is 5.13 Å². The average molecular weight is 644 g/mol. The number of anilines is 3. The molecule has 2 heterocycles. The largest absolute Gasteiger partial charge is 0.309 e. The molecule has 10 aromatic rings. The maximum absolute atomic E-state index is 5.34. The Morgan fingerprint density at radius 3 is 1.94 bits per heavy atom. The Balaban J connectivity index is 1.22. The maximum Gasteiger partial charge on any atom is 0.195 e. The van der Waals surface area contributed by atoms with E-state index in [-0.39, 0.29) is 0 Å². The van der Waals surface area contributed by atoms with Crippen LogP contribution in [0.1, 0.15) is 0 Å². The molecular weight excluding hydrogens is 615 g/mol. The summed E-state index contributed by atoms with van der Waals surface area (Å²) in [5, 5.41) is 8.39. The Morgan fingerprint density at radius 1 is 0.469 bits per heavy atom. The molecule has 2 aromatic heterocycles. The molecule has 0 bridgehead atoms. The van der Waals surface area contributed by atoms with Crippen molar-refractivity contribution in [3.8, 4) is 16.8 Å². The standard InChI is InChI=1S/C45H29N3S/c1-3-11-30(12-4-1)31-21-24-35(25-22-31)47(45-46-40-28-23-33-20-19-32-13-7-8-16-37(32)43(33)44(40)49-45)36-26-27-39-38-17-9-10-18-41(38)48(42(39)29-36)34-14-5-2-6-15-34/h1-29H. The van der Waals surface area contributed by atoms with Gasteiger partial charge in [-0.1, -0.05) is 139 Å². The highest BCUT2D eigenvalue weighted by molar-refractivity contribution is 7.23. The summed E-state index contributed by atoms with van der Waals surface area (Å²) < 4.78 is 3.58. The highest BCUT2D eigenvalue weighted by Gasteiger charge is 2.21. The molecule has 0 radical (unpaired) electrons. The summed E-state index contributed by atoms with van der Waals surface area (Å²) in [5.41, 5.74) is 9.02. The van der Waals surface area contributed by atoms with Crippen molar-refractivity contribution in [2.75, 3.05) is 4.90 Å². The van der Waals surface area contributed by atoms with E-state index in [1.165, 1.54) is 53.7 Å². The molecule has 0 unspecified atom stereocenters. The molecule has 0 spiro atoms. The number of hydrogen-bond acceptors (Lipinski definition) is 3. The Morgan fingerprint density at radius 2 is 1.10 bits per heavy atom. The van der Waals surface area contributed by atoms with E-state index in [0.29, 0.717) is 0 Å². The highest BCUT2D eigenvalue weighted by atomic mass is 32.1. The minimum Gasteiger partial charge on any atom is -0.309 e. The van der Waals surface area contributed by atoms with Crippen LogP contribution in [0.2, 0.25) is 0 Å². The van der Waals surface area contributed by atoms with Crippen molar-refractivity contribution < 1.29 is 0 Å². The lowest BCUT2D eigenvalue weighted by molar-refractivity contribution is 1.17. The first-order chi connectivity index (χ1) is 24.3. The van der Waals surface area contributed by atoms with Gasteiger partial charge in [-0.3, -0.25) is 4.90 Å². The number of aromatic nitrogens is 2.